The van der Waals surface area contributed by atoms with Crippen LogP contribution in [0.1, 0.15) is 39.1 Å². The summed E-state index contributed by atoms with van der Waals surface area (Å²) in [6.45, 7) is 1.81. The maximum Gasteiger partial charge on any atom is 0.416 e. The molecule has 3 aromatic carbocycles. The fourth-order valence-electron chi connectivity index (χ4n) is 4.18. The van der Waals surface area contributed by atoms with Crippen LogP contribution in [0.2, 0.25) is 0 Å². The van der Waals surface area contributed by atoms with Crippen molar-refractivity contribution in [1.29, 1.82) is 5.26 Å². The Balaban J connectivity index is 2.09. The van der Waals surface area contributed by atoms with Gasteiger partial charge in [0.2, 0.25) is 0 Å². The number of halogens is 3. The predicted molar refractivity (Wildman–Crippen MR) is 117 cm³/mol. The molecule has 0 N–H and O–H groups in total. The monoisotopic (exact) mass is 428 g/mol. The number of aryl methyl sites for hydroxylation is 1. The van der Waals surface area contributed by atoms with E-state index in [0.29, 0.717) is 16.8 Å². The first kappa shape index (κ1) is 21.3. The fourth-order valence-corrected chi connectivity index (χ4v) is 4.18. The molecule has 0 fully saturated rings. The molecule has 1 heterocycles. The Bertz CT molecular complexity index is 1220. The number of aromatic nitrogens is 1. The zero-order valence-corrected chi connectivity index (χ0v) is 17.3. The summed E-state index contributed by atoms with van der Waals surface area (Å²) in [5.41, 5.74) is 2.61. The zero-order valence-electron chi connectivity index (χ0n) is 17.3. The number of pyridine rings is 1. The van der Waals surface area contributed by atoms with Gasteiger partial charge in [0.05, 0.1) is 11.0 Å². The van der Waals surface area contributed by atoms with Crippen LogP contribution < -0.4 is 0 Å². The molecule has 32 heavy (non-hydrogen) atoms. The van der Waals surface area contributed by atoms with Crippen LogP contribution in [0.15, 0.2) is 97.2 Å². The molecule has 0 atom stereocenters. The minimum absolute atomic E-state index is 0.316. The smallest absolute Gasteiger partial charge is 0.245 e. The molecule has 0 aliphatic carbocycles. The lowest BCUT2D eigenvalue weighted by atomic mass is 9.65. The zero-order chi connectivity index (χ0) is 22.8. The van der Waals surface area contributed by atoms with Crippen molar-refractivity contribution in [1.82, 2.24) is 4.98 Å². The molecule has 0 bridgehead atoms. The highest BCUT2D eigenvalue weighted by molar-refractivity contribution is 5.60. The van der Waals surface area contributed by atoms with Crippen molar-refractivity contribution in [3.8, 4) is 6.07 Å². The predicted octanol–water partition coefficient (Wildman–Crippen LogP) is 6.66. The van der Waals surface area contributed by atoms with E-state index in [-0.39, 0.29) is 0 Å². The van der Waals surface area contributed by atoms with Gasteiger partial charge in [-0.1, -0.05) is 78.9 Å². The standard InChI is InChI=1S/C27H19F3N2/c1-19-16-24(18-32-25(19)17-31)26(20-8-4-2-5-9-20,21-10-6-3-7-11-21)22-12-14-23(15-13-22)27(28,29)30/h2-16,18H,1H3. The van der Waals surface area contributed by atoms with Gasteiger partial charge in [0.1, 0.15) is 11.8 Å². The fraction of sp³-hybridized carbons (Fsp3) is 0.111. The topological polar surface area (TPSA) is 36.7 Å². The van der Waals surface area contributed by atoms with Crippen molar-refractivity contribution < 1.29 is 13.2 Å². The molecule has 0 saturated heterocycles. The van der Waals surface area contributed by atoms with Crippen LogP contribution in [0.3, 0.4) is 0 Å². The van der Waals surface area contributed by atoms with E-state index in [1.165, 1.54) is 12.1 Å². The molecular weight excluding hydrogens is 409 g/mol. The first-order chi connectivity index (χ1) is 15.4. The largest absolute Gasteiger partial charge is 0.416 e. The minimum atomic E-state index is -4.42. The van der Waals surface area contributed by atoms with E-state index < -0.39 is 17.2 Å². The number of nitriles is 1. The Morgan fingerprint density at radius 1 is 0.688 bits per heavy atom. The van der Waals surface area contributed by atoms with Gasteiger partial charge in [-0.2, -0.15) is 18.4 Å². The lowest BCUT2D eigenvalue weighted by molar-refractivity contribution is -0.137. The molecule has 0 amide bonds. The quantitative estimate of drug-likeness (QED) is 0.341. The molecule has 0 unspecified atom stereocenters. The van der Waals surface area contributed by atoms with Gasteiger partial charge in [-0.25, -0.2) is 4.98 Å². The third-order valence-electron chi connectivity index (χ3n) is 5.68. The molecule has 158 valence electrons. The van der Waals surface area contributed by atoms with Gasteiger partial charge in [-0.05, 0) is 46.9 Å². The minimum Gasteiger partial charge on any atom is -0.245 e. The van der Waals surface area contributed by atoms with E-state index >= 15 is 0 Å². The van der Waals surface area contributed by atoms with Crippen molar-refractivity contribution in [2.75, 3.05) is 0 Å². The van der Waals surface area contributed by atoms with Crippen molar-refractivity contribution in [3.05, 3.63) is 136 Å². The van der Waals surface area contributed by atoms with Crippen molar-refractivity contribution in [3.63, 3.8) is 0 Å². The lowest BCUT2D eigenvalue weighted by Gasteiger charge is -2.37. The van der Waals surface area contributed by atoms with Gasteiger partial charge in [-0.3, -0.25) is 0 Å². The van der Waals surface area contributed by atoms with Crippen molar-refractivity contribution in [2.45, 2.75) is 18.5 Å². The van der Waals surface area contributed by atoms with Gasteiger partial charge in [0.25, 0.3) is 0 Å². The number of hydrogen-bond donors (Lipinski definition) is 0. The van der Waals surface area contributed by atoms with Crippen LogP contribution in [0.4, 0.5) is 13.2 Å². The van der Waals surface area contributed by atoms with E-state index in [2.05, 4.69) is 11.1 Å². The highest BCUT2D eigenvalue weighted by atomic mass is 19.4. The lowest BCUT2D eigenvalue weighted by Crippen LogP contribution is -2.31. The third kappa shape index (κ3) is 3.65. The summed E-state index contributed by atoms with van der Waals surface area (Å²) in [7, 11) is 0. The van der Waals surface area contributed by atoms with Gasteiger partial charge >= 0.3 is 6.18 Å². The summed E-state index contributed by atoms with van der Waals surface area (Å²) in [4.78, 5) is 4.35. The van der Waals surface area contributed by atoms with Gasteiger partial charge < -0.3 is 0 Å². The highest BCUT2D eigenvalue weighted by Gasteiger charge is 2.39. The van der Waals surface area contributed by atoms with E-state index in [1.54, 1.807) is 6.20 Å². The first-order valence-corrected chi connectivity index (χ1v) is 10.0. The number of nitrogens with zero attached hydrogens (tertiary/aromatic N) is 2. The van der Waals surface area contributed by atoms with Crippen LogP contribution in [0.5, 0.6) is 0 Å². The van der Waals surface area contributed by atoms with Gasteiger partial charge in [-0.15, -0.1) is 0 Å². The number of rotatable bonds is 4. The maximum absolute atomic E-state index is 13.3. The Labute approximate surface area is 184 Å². The Morgan fingerprint density at radius 2 is 1.16 bits per heavy atom. The van der Waals surface area contributed by atoms with E-state index in [4.69, 9.17) is 0 Å². The Kier molecular flexibility index (Phi) is 5.54. The number of hydrogen-bond acceptors (Lipinski definition) is 2. The number of alkyl halides is 3. The van der Waals surface area contributed by atoms with Crippen molar-refractivity contribution in [2.24, 2.45) is 0 Å². The summed E-state index contributed by atoms with van der Waals surface area (Å²) in [6, 6.07) is 28.5. The molecule has 4 aromatic rings. The van der Waals surface area contributed by atoms with Crippen LogP contribution in [0, 0.1) is 18.3 Å². The molecule has 1 aromatic heterocycles. The van der Waals surface area contributed by atoms with Crippen LogP contribution in [-0.4, -0.2) is 4.98 Å². The molecule has 0 spiro atoms. The highest BCUT2D eigenvalue weighted by Crippen LogP contribution is 2.45. The number of benzene rings is 3. The van der Waals surface area contributed by atoms with Crippen LogP contribution >= 0.6 is 0 Å². The molecule has 4 rings (SSSR count). The van der Waals surface area contributed by atoms with Crippen molar-refractivity contribution >= 4 is 0 Å². The third-order valence-corrected chi connectivity index (χ3v) is 5.68. The second kappa shape index (κ2) is 8.32. The van der Waals surface area contributed by atoms with E-state index in [9.17, 15) is 18.4 Å². The molecule has 2 nitrogen and oxygen atoms in total. The summed E-state index contributed by atoms with van der Waals surface area (Å²) in [6.07, 6.45) is -2.78. The summed E-state index contributed by atoms with van der Waals surface area (Å²) < 4.78 is 39.8. The molecule has 0 saturated carbocycles. The molecular formula is C27H19F3N2. The normalized spacial score (nSPS) is 11.7. The summed E-state index contributed by atoms with van der Waals surface area (Å²) in [5, 5.41) is 9.35. The summed E-state index contributed by atoms with van der Waals surface area (Å²) in [5.74, 6) is 0. The average Bonchev–Trinajstić information content (AvgIpc) is 2.81. The molecule has 5 heteroatoms. The molecule has 0 radical (unpaired) electrons. The summed E-state index contributed by atoms with van der Waals surface area (Å²) >= 11 is 0. The second-order valence-electron chi connectivity index (χ2n) is 7.56. The van der Waals surface area contributed by atoms with E-state index in [1.807, 2.05) is 73.7 Å². The molecule has 0 aliphatic heterocycles. The first-order valence-electron chi connectivity index (χ1n) is 10.0. The maximum atomic E-state index is 13.3. The van der Waals surface area contributed by atoms with Crippen LogP contribution in [0.25, 0.3) is 0 Å². The average molecular weight is 428 g/mol. The Hall–Kier alpha value is -3.91. The Morgan fingerprint density at radius 3 is 1.59 bits per heavy atom. The SMILES string of the molecule is Cc1cc(C(c2ccccc2)(c2ccccc2)c2ccc(C(F)(F)F)cc2)cnc1C#N. The van der Waals surface area contributed by atoms with Gasteiger partial charge in [0, 0.05) is 6.20 Å². The van der Waals surface area contributed by atoms with Gasteiger partial charge in [0.15, 0.2) is 0 Å². The molecule has 0 aliphatic rings. The van der Waals surface area contributed by atoms with E-state index in [0.717, 1.165) is 28.8 Å². The van der Waals surface area contributed by atoms with Crippen LogP contribution in [-0.2, 0) is 11.6 Å². The second-order valence-corrected chi connectivity index (χ2v) is 7.56.